The first-order chi connectivity index (χ1) is 7.02. The summed E-state index contributed by atoms with van der Waals surface area (Å²) in [5, 5.41) is 8.84. The Morgan fingerprint density at radius 1 is 1.40 bits per heavy atom. The number of carbonyl (C=O) groups excluding carboxylic acids is 1. The van der Waals surface area contributed by atoms with Gasteiger partial charge in [0.1, 0.15) is 17.4 Å². The summed E-state index contributed by atoms with van der Waals surface area (Å²) >= 11 is 0. The molecule has 1 rings (SSSR count). The first-order valence-electron chi connectivity index (χ1n) is 5.03. The lowest BCUT2D eigenvalue weighted by molar-refractivity contribution is 0.0944. The number of carbonyl (C=O) groups is 1. The molecule has 0 saturated carbocycles. The summed E-state index contributed by atoms with van der Waals surface area (Å²) in [4.78, 5) is 12.0. The van der Waals surface area contributed by atoms with E-state index in [-0.39, 0.29) is 5.78 Å². The fraction of sp³-hybridized carbons (Fsp3) is 0.500. The fourth-order valence-electron chi connectivity index (χ4n) is 1.67. The van der Waals surface area contributed by atoms with Gasteiger partial charge in [0.15, 0.2) is 5.78 Å². The third kappa shape index (κ3) is 1.94. The van der Waals surface area contributed by atoms with Crippen molar-refractivity contribution in [2.24, 2.45) is 5.92 Å². The third-order valence-corrected chi connectivity index (χ3v) is 2.69. The molecular weight excluding hydrogens is 190 g/mol. The quantitative estimate of drug-likeness (QED) is 0.713. The van der Waals surface area contributed by atoms with E-state index in [0.29, 0.717) is 17.7 Å². The maximum Gasteiger partial charge on any atom is 0.183 e. The van der Waals surface area contributed by atoms with Crippen LogP contribution in [-0.2, 0) is 0 Å². The molecule has 15 heavy (non-hydrogen) atoms. The van der Waals surface area contributed by atoms with Crippen molar-refractivity contribution >= 4 is 5.78 Å². The largest absolute Gasteiger partial charge is 0.466 e. The van der Waals surface area contributed by atoms with E-state index in [1.165, 1.54) is 0 Å². The molecule has 0 amide bonds. The van der Waals surface area contributed by atoms with Crippen molar-refractivity contribution in [3.8, 4) is 6.07 Å². The minimum atomic E-state index is -0.556. The first kappa shape index (κ1) is 11.5. The maximum absolute atomic E-state index is 12.0. The minimum Gasteiger partial charge on any atom is -0.466 e. The Balaban J connectivity index is 3.17. The zero-order valence-corrected chi connectivity index (χ0v) is 9.55. The molecular formula is C12H15NO2. The average molecular weight is 205 g/mol. The number of nitriles is 1. The van der Waals surface area contributed by atoms with Gasteiger partial charge >= 0.3 is 0 Å². The van der Waals surface area contributed by atoms with E-state index in [9.17, 15) is 4.79 Å². The molecule has 1 atom stereocenters. The second kappa shape index (κ2) is 4.31. The van der Waals surface area contributed by atoms with Crippen LogP contribution >= 0.6 is 0 Å². The Bertz CT molecular complexity index is 424. The number of nitrogens with zero attached hydrogens (tertiary/aromatic N) is 1. The van der Waals surface area contributed by atoms with E-state index in [1.54, 1.807) is 6.92 Å². The van der Waals surface area contributed by atoms with Crippen molar-refractivity contribution in [2.45, 2.75) is 34.1 Å². The summed E-state index contributed by atoms with van der Waals surface area (Å²) in [6.45, 7) is 7.27. The van der Waals surface area contributed by atoms with E-state index in [1.807, 2.05) is 26.8 Å². The van der Waals surface area contributed by atoms with E-state index in [2.05, 4.69) is 0 Å². The van der Waals surface area contributed by atoms with Crippen LogP contribution in [0.5, 0.6) is 0 Å². The zero-order valence-electron chi connectivity index (χ0n) is 9.55. The standard InChI is InChI=1S/C12H15NO2/c1-5-10(6-13)12(14)11-7(2)8(3)15-9(11)4/h10H,5H2,1-4H3. The van der Waals surface area contributed by atoms with Gasteiger partial charge in [-0.2, -0.15) is 5.26 Å². The summed E-state index contributed by atoms with van der Waals surface area (Å²) in [5.41, 5.74) is 1.44. The molecule has 1 heterocycles. The SMILES string of the molecule is CCC(C#N)C(=O)c1c(C)oc(C)c1C. The molecule has 3 nitrogen and oxygen atoms in total. The van der Waals surface area contributed by atoms with Gasteiger partial charge in [0, 0.05) is 5.56 Å². The average Bonchev–Trinajstić information content (AvgIpc) is 2.43. The second-order valence-corrected chi connectivity index (χ2v) is 3.67. The highest BCUT2D eigenvalue weighted by molar-refractivity contribution is 6.01. The van der Waals surface area contributed by atoms with Crippen LogP contribution in [0.4, 0.5) is 0 Å². The number of furan rings is 1. The number of rotatable bonds is 3. The fourth-order valence-corrected chi connectivity index (χ4v) is 1.67. The topological polar surface area (TPSA) is 54.0 Å². The smallest absolute Gasteiger partial charge is 0.183 e. The molecule has 80 valence electrons. The first-order valence-corrected chi connectivity index (χ1v) is 5.03. The molecule has 0 radical (unpaired) electrons. The molecule has 0 saturated heterocycles. The molecule has 0 bridgehead atoms. The number of hydrogen-bond acceptors (Lipinski definition) is 3. The Labute approximate surface area is 89.7 Å². The summed E-state index contributed by atoms with van der Waals surface area (Å²) in [5.74, 6) is 0.693. The number of aryl methyl sites for hydroxylation is 2. The van der Waals surface area contributed by atoms with Gasteiger partial charge in [-0.05, 0) is 27.2 Å². The van der Waals surface area contributed by atoms with Crippen LogP contribution in [0.25, 0.3) is 0 Å². The highest BCUT2D eigenvalue weighted by Crippen LogP contribution is 2.24. The summed E-state index contributed by atoms with van der Waals surface area (Å²) < 4.78 is 5.38. The lowest BCUT2D eigenvalue weighted by atomic mass is 9.94. The predicted molar refractivity (Wildman–Crippen MR) is 56.6 cm³/mol. The van der Waals surface area contributed by atoms with E-state index in [4.69, 9.17) is 9.68 Å². The summed E-state index contributed by atoms with van der Waals surface area (Å²) in [6, 6.07) is 2.02. The van der Waals surface area contributed by atoms with E-state index < -0.39 is 5.92 Å². The summed E-state index contributed by atoms with van der Waals surface area (Å²) in [6.07, 6.45) is 0.540. The number of ketones is 1. The van der Waals surface area contributed by atoms with Crippen LogP contribution < -0.4 is 0 Å². The molecule has 0 spiro atoms. The van der Waals surface area contributed by atoms with Crippen LogP contribution in [0.1, 0.15) is 40.8 Å². The van der Waals surface area contributed by atoms with E-state index in [0.717, 1.165) is 11.3 Å². The number of Topliss-reactive ketones (excluding diaryl/α,β-unsaturated/α-hetero) is 1. The van der Waals surface area contributed by atoms with Gasteiger partial charge in [0.25, 0.3) is 0 Å². The molecule has 1 aromatic rings. The normalized spacial score (nSPS) is 12.2. The molecule has 0 N–H and O–H groups in total. The molecule has 0 aliphatic heterocycles. The molecule has 0 aliphatic rings. The van der Waals surface area contributed by atoms with Gasteiger partial charge in [-0.3, -0.25) is 4.79 Å². The predicted octanol–water partition coefficient (Wildman–Crippen LogP) is 2.94. The third-order valence-electron chi connectivity index (χ3n) is 2.69. The lowest BCUT2D eigenvalue weighted by Gasteiger charge is -2.04. The lowest BCUT2D eigenvalue weighted by Crippen LogP contribution is -2.13. The molecule has 3 heteroatoms. The van der Waals surface area contributed by atoms with Crippen LogP contribution in [0.2, 0.25) is 0 Å². The number of hydrogen-bond donors (Lipinski definition) is 0. The van der Waals surface area contributed by atoms with Gasteiger partial charge in [0.05, 0.1) is 11.6 Å². The minimum absolute atomic E-state index is 0.119. The van der Waals surface area contributed by atoms with Crippen LogP contribution in [0.3, 0.4) is 0 Å². The van der Waals surface area contributed by atoms with Crippen LogP contribution in [0.15, 0.2) is 4.42 Å². The van der Waals surface area contributed by atoms with Crippen LogP contribution in [-0.4, -0.2) is 5.78 Å². The Morgan fingerprint density at radius 3 is 2.33 bits per heavy atom. The van der Waals surface area contributed by atoms with Gasteiger partial charge < -0.3 is 4.42 Å². The highest BCUT2D eigenvalue weighted by Gasteiger charge is 2.24. The maximum atomic E-state index is 12.0. The van der Waals surface area contributed by atoms with Gasteiger partial charge in [-0.25, -0.2) is 0 Å². The van der Waals surface area contributed by atoms with Crippen LogP contribution in [0, 0.1) is 38.0 Å². The molecule has 0 fully saturated rings. The monoisotopic (exact) mass is 205 g/mol. The second-order valence-electron chi connectivity index (χ2n) is 3.67. The van der Waals surface area contributed by atoms with Gasteiger partial charge in [-0.15, -0.1) is 0 Å². The summed E-state index contributed by atoms with van der Waals surface area (Å²) in [7, 11) is 0. The Hall–Kier alpha value is -1.56. The van der Waals surface area contributed by atoms with Crippen molar-refractivity contribution < 1.29 is 9.21 Å². The molecule has 1 aromatic heterocycles. The van der Waals surface area contributed by atoms with Crippen molar-refractivity contribution in [1.29, 1.82) is 5.26 Å². The zero-order chi connectivity index (χ0) is 11.6. The van der Waals surface area contributed by atoms with Crippen molar-refractivity contribution in [1.82, 2.24) is 0 Å². The van der Waals surface area contributed by atoms with Gasteiger partial charge in [0.2, 0.25) is 0 Å². The molecule has 0 aromatic carbocycles. The molecule has 1 unspecified atom stereocenters. The van der Waals surface area contributed by atoms with Crippen molar-refractivity contribution in [3.63, 3.8) is 0 Å². The Kier molecular flexibility index (Phi) is 3.31. The van der Waals surface area contributed by atoms with Crippen molar-refractivity contribution in [3.05, 3.63) is 22.6 Å². The Morgan fingerprint density at radius 2 is 2.00 bits per heavy atom. The van der Waals surface area contributed by atoms with E-state index >= 15 is 0 Å². The van der Waals surface area contributed by atoms with Gasteiger partial charge in [-0.1, -0.05) is 6.92 Å². The molecule has 0 aliphatic carbocycles. The van der Waals surface area contributed by atoms with Crippen molar-refractivity contribution in [2.75, 3.05) is 0 Å². The highest BCUT2D eigenvalue weighted by atomic mass is 16.3.